The third-order valence-corrected chi connectivity index (χ3v) is 3.48. The maximum Gasteiger partial charge on any atom is 0.375 e. The fourth-order valence-corrected chi connectivity index (χ4v) is 2.32. The number of hydrogen-bond donors (Lipinski definition) is 3. The second kappa shape index (κ2) is 12.1. The Labute approximate surface area is 133 Å². The molecular formula is C15H28NO3PS. The molecule has 0 aromatic heterocycles. The summed E-state index contributed by atoms with van der Waals surface area (Å²) in [4.78, 5) is 17.6. The Morgan fingerprint density at radius 2 is 1.57 bits per heavy atom. The van der Waals surface area contributed by atoms with Gasteiger partial charge in [-0.1, -0.05) is 56.7 Å². The molecule has 0 bridgehead atoms. The van der Waals surface area contributed by atoms with Crippen molar-refractivity contribution >= 4 is 18.5 Å². The van der Waals surface area contributed by atoms with Gasteiger partial charge in [0.05, 0.1) is 0 Å². The Kier molecular flexibility index (Phi) is 11.9. The summed E-state index contributed by atoms with van der Waals surface area (Å²) in [5.41, 5.74) is 6.42. The molecule has 0 fully saturated rings. The number of nitrogens with two attached hydrogens (primary N) is 1. The van der Waals surface area contributed by atoms with Crippen molar-refractivity contribution in [3.05, 3.63) is 29.8 Å². The molecule has 6 heteroatoms. The highest BCUT2D eigenvalue weighted by Crippen LogP contribution is 2.37. The van der Waals surface area contributed by atoms with Crippen LogP contribution < -0.4 is 10.3 Å². The molecule has 0 aliphatic carbocycles. The fraction of sp³-hybridized carbons (Fsp3) is 0.600. The van der Waals surface area contributed by atoms with Gasteiger partial charge in [-0.3, -0.25) is 0 Å². The normalized spacial score (nSPS) is 10.7. The quantitative estimate of drug-likeness (QED) is 0.497. The van der Waals surface area contributed by atoms with Gasteiger partial charge in [0.1, 0.15) is 5.75 Å². The first kappa shape index (κ1) is 20.6. The maximum atomic E-state index is 8.80. The molecule has 4 N–H and O–H groups in total. The Bertz CT molecular complexity index is 400. The van der Waals surface area contributed by atoms with Gasteiger partial charge >= 0.3 is 6.72 Å². The van der Waals surface area contributed by atoms with Gasteiger partial charge in [-0.25, -0.2) is 0 Å². The van der Waals surface area contributed by atoms with Crippen LogP contribution in [-0.2, 0) is 11.8 Å². The van der Waals surface area contributed by atoms with E-state index in [9.17, 15) is 0 Å². The summed E-state index contributed by atoms with van der Waals surface area (Å²) in [7, 11) is 0. The summed E-state index contributed by atoms with van der Waals surface area (Å²) in [5, 5.41) is 0. The third-order valence-electron chi connectivity index (χ3n) is 2.80. The molecule has 0 radical (unpaired) electrons. The van der Waals surface area contributed by atoms with Gasteiger partial charge in [0, 0.05) is 11.8 Å². The highest BCUT2D eigenvalue weighted by atomic mass is 32.5. The molecule has 1 aromatic carbocycles. The molecule has 0 unspecified atom stereocenters. The van der Waals surface area contributed by atoms with Crippen LogP contribution in [0.2, 0.25) is 0 Å². The molecular weight excluding hydrogens is 305 g/mol. The van der Waals surface area contributed by atoms with E-state index in [-0.39, 0.29) is 0 Å². The zero-order valence-electron chi connectivity index (χ0n) is 13.0. The van der Waals surface area contributed by atoms with Crippen molar-refractivity contribution in [1.29, 1.82) is 0 Å². The van der Waals surface area contributed by atoms with Gasteiger partial charge in [-0.05, 0) is 32.0 Å². The van der Waals surface area contributed by atoms with Crippen molar-refractivity contribution in [2.45, 2.75) is 52.4 Å². The number of aryl methyl sites for hydroxylation is 1. The maximum absolute atomic E-state index is 8.80. The van der Waals surface area contributed by atoms with Crippen LogP contribution in [0, 0.1) is 6.92 Å². The van der Waals surface area contributed by atoms with Crippen LogP contribution in [0.1, 0.15) is 51.0 Å². The second-order valence-corrected chi connectivity index (χ2v) is 7.54. The van der Waals surface area contributed by atoms with Gasteiger partial charge in [0.15, 0.2) is 0 Å². The zero-order valence-corrected chi connectivity index (χ0v) is 14.7. The average molecular weight is 333 g/mol. The highest BCUT2D eigenvalue weighted by Gasteiger charge is 2.08. The first-order valence-electron chi connectivity index (χ1n) is 7.41. The SMILES string of the molecule is CCCCCCCCN.Cc1ccc(OP(O)(O)=S)cc1. The summed E-state index contributed by atoms with van der Waals surface area (Å²) in [6.45, 7) is 1.47. The molecule has 0 atom stereocenters. The predicted octanol–water partition coefficient (Wildman–Crippen LogP) is 3.89. The van der Waals surface area contributed by atoms with E-state index in [2.05, 4.69) is 18.7 Å². The Morgan fingerprint density at radius 3 is 2.05 bits per heavy atom. The summed E-state index contributed by atoms with van der Waals surface area (Å²) in [6.07, 6.45) is 8.05. The Morgan fingerprint density at radius 1 is 1.05 bits per heavy atom. The van der Waals surface area contributed by atoms with Gasteiger partial charge < -0.3 is 20.0 Å². The Hall–Kier alpha value is -0.450. The molecule has 0 amide bonds. The number of unbranched alkanes of at least 4 members (excludes halogenated alkanes) is 5. The van der Waals surface area contributed by atoms with E-state index >= 15 is 0 Å². The van der Waals surface area contributed by atoms with Crippen molar-refractivity contribution in [2.75, 3.05) is 6.54 Å². The minimum absolute atomic E-state index is 0.383. The van der Waals surface area contributed by atoms with E-state index in [0.29, 0.717) is 5.75 Å². The molecule has 0 aliphatic heterocycles. The lowest BCUT2D eigenvalue weighted by atomic mass is 10.1. The van der Waals surface area contributed by atoms with E-state index in [4.69, 9.17) is 20.0 Å². The Balaban J connectivity index is 0.000000400. The predicted molar refractivity (Wildman–Crippen MR) is 93.0 cm³/mol. The van der Waals surface area contributed by atoms with Gasteiger partial charge in [0.2, 0.25) is 0 Å². The van der Waals surface area contributed by atoms with Crippen LogP contribution in [0.4, 0.5) is 0 Å². The zero-order chi connectivity index (χ0) is 16.1. The van der Waals surface area contributed by atoms with Gasteiger partial charge in [0.25, 0.3) is 0 Å². The lowest BCUT2D eigenvalue weighted by molar-refractivity contribution is 0.370. The van der Waals surface area contributed by atoms with Crippen molar-refractivity contribution in [2.24, 2.45) is 5.73 Å². The number of hydrogen-bond acceptors (Lipinski definition) is 3. The van der Waals surface area contributed by atoms with E-state index in [1.54, 1.807) is 24.3 Å². The van der Waals surface area contributed by atoms with Crippen molar-refractivity contribution in [3.8, 4) is 5.75 Å². The largest absolute Gasteiger partial charge is 0.424 e. The lowest BCUT2D eigenvalue weighted by Crippen LogP contribution is -1.97. The number of benzene rings is 1. The summed E-state index contributed by atoms with van der Waals surface area (Å²) >= 11 is 4.30. The van der Waals surface area contributed by atoms with Crippen LogP contribution in [-0.4, -0.2) is 16.3 Å². The van der Waals surface area contributed by atoms with Crippen LogP contribution in [0.15, 0.2) is 24.3 Å². The van der Waals surface area contributed by atoms with Crippen LogP contribution in [0.5, 0.6) is 5.75 Å². The molecule has 0 saturated heterocycles. The molecule has 21 heavy (non-hydrogen) atoms. The van der Waals surface area contributed by atoms with Crippen molar-refractivity contribution in [1.82, 2.24) is 0 Å². The average Bonchev–Trinajstić information content (AvgIpc) is 2.41. The highest BCUT2D eigenvalue weighted by molar-refractivity contribution is 8.06. The van der Waals surface area contributed by atoms with Crippen LogP contribution in [0.3, 0.4) is 0 Å². The molecule has 1 aromatic rings. The molecule has 4 nitrogen and oxygen atoms in total. The van der Waals surface area contributed by atoms with Crippen molar-refractivity contribution in [3.63, 3.8) is 0 Å². The standard InChI is InChI=1S/C8H19N.C7H9O3PS/c1-2-3-4-5-6-7-8-9;1-6-2-4-7(5-3-6)10-11(8,9)12/h2-9H2,1H3;2-5H,1H3,(H2,8,9,12). The minimum Gasteiger partial charge on any atom is -0.424 e. The van der Waals surface area contributed by atoms with Gasteiger partial charge in [-0.2, -0.15) is 0 Å². The summed E-state index contributed by atoms with van der Waals surface area (Å²) in [6, 6.07) is 6.90. The smallest absolute Gasteiger partial charge is 0.375 e. The fourth-order valence-electron chi connectivity index (χ4n) is 1.66. The van der Waals surface area contributed by atoms with Crippen LogP contribution in [0.25, 0.3) is 0 Å². The monoisotopic (exact) mass is 333 g/mol. The molecule has 0 spiro atoms. The molecule has 122 valence electrons. The lowest BCUT2D eigenvalue weighted by Gasteiger charge is -2.09. The molecule has 0 heterocycles. The minimum atomic E-state index is -3.57. The molecule has 0 aliphatic rings. The summed E-state index contributed by atoms with van der Waals surface area (Å²) < 4.78 is 4.69. The van der Waals surface area contributed by atoms with Gasteiger partial charge in [-0.15, -0.1) is 0 Å². The molecule has 0 saturated carbocycles. The van der Waals surface area contributed by atoms with E-state index in [1.807, 2.05) is 6.92 Å². The van der Waals surface area contributed by atoms with E-state index in [1.165, 1.54) is 38.5 Å². The second-order valence-electron chi connectivity index (χ2n) is 4.95. The number of rotatable bonds is 8. The van der Waals surface area contributed by atoms with E-state index < -0.39 is 6.72 Å². The molecule has 1 rings (SSSR count). The first-order valence-corrected chi connectivity index (χ1v) is 10.0. The summed E-state index contributed by atoms with van der Waals surface area (Å²) in [5.74, 6) is 0.383. The van der Waals surface area contributed by atoms with E-state index in [0.717, 1.165) is 12.1 Å². The van der Waals surface area contributed by atoms with Crippen molar-refractivity contribution < 1.29 is 14.3 Å². The topological polar surface area (TPSA) is 75.7 Å². The first-order chi connectivity index (χ1) is 9.89. The van der Waals surface area contributed by atoms with Crippen LogP contribution >= 0.6 is 6.72 Å². The third kappa shape index (κ3) is 14.3.